The number of anilines is 1. The number of aliphatic imine (C=N–C) groups is 2. The van der Waals surface area contributed by atoms with Crippen molar-refractivity contribution in [2.24, 2.45) is 9.98 Å². The van der Waals surface area contributed by atoms with E-state index in [0.29, 0.717) is 40.9 Å². The fraction of sp³-hybridized carbons (Fsp3) is 0.179. The quantitative estimate of drug-likeness (QED) is 0.462. The maximum atomic E-state index is 13.4. The number of thioether (sulfide) groups is 1. The lowest BCUT2D eigenvalue weighted by atomic mass is 10.1. The van der Waals surface area contributed by atoms with Crippen LogP contribution in [0.4, 0.5) is 15.8 Å². The Morgan fingerprint density at radius 2 is 1.68 bits per heavy atom. The number of rotatable bonds is 8. The molecule has 2 aliphatic rings. The van der Waals surface area contributed by atoms with Crippen molar-refractivity contribution in [2.45, 2.75) is 18.9 Å². The van der Waals surface area contributed by atoms with Crippen LogP contribution in [0.15, 0.2) is 88.8 Å². The number of hydrogen-bond donors (Lipinski definition) is 2. The highest BCUT2D eigenvalue weighted by atomic mass is 32.2. The molecule has 3 aromatic carbocycles. The number of carbonyl (C=O) groups is 3. The van der Waals surface area contributed by atoms with E-state index < -0.39 is 11.9 Å². The molecule has 0 aliphatic carbocycles. The summed E-state index contributed by atoms with van der Waals surface area (Å²) in [6.07, 6.45) is 0.603. The second kappa shape index (κ2) is 11.4. The van der Waals surface area contributed by atoms with Crippen LogP contribution in [0.3, 0.4) is 0 Å². The van der Waals surface area contributed by atoms with Crippen molar-refractivity contribution in [1.29, 1.82) is 0 Å². The van der Waals surface area contributed by atoms with Gasteiger partial charge in [-0.15, -0.1) is 0 Å². The van der Waals surface area contributed by atoms with Crippen molar-refractivity contribution in [3.63, 3.8) is 0 Å². The molecule has 192 valence electrons. The summed E-state index contributed by atoms with van der Waals surface area (Å²) in [6.45, 7) is 0.457. The summed E-state index contributed by atoms with van der Waals surface area (Å²) < 4.78 is 13.1. The molecule has 0 radical (unpaired) electrons. The van der Waals surface area contributed by atoms with Crippen molar-refractivity contribution in [3.8, 4) is 0 Å². The predicted octanol–water partition coefficient (Wildman–Crippen LogP) is 3.91. The van der Waals surface area contributed by atoms with Crippen molar-refractivity contribution < 1.29 is 18.8 Å². The Labute approximate surface area is 223 Å². The molecule has 5 rings (SSSR count). The molecule has 0 bridgehead atoms. The van der Waals surface area contributed by atoms with Crippen LogP contribution in [0.5, 0.6) is 0 Å². The normalized spacial score (nSPS) is 15.8. The van der Waals surface area contributed by atoms with Gasteiger partial charge in [0.05, 0.1) is 17.9 Å². The molecule has 0 saturated heterocycles. The summed E-state index contributed by atoms with van der Waals surface area (Å²) in [5.41, 5.74) is 2.89. The van der Waals surface area contributed by atoms with E-state index >= 15 is 0 Å². The number of nitrogens with one attached hydrogen (secondary N) is 2. The fourth-order valence-corrected chi connectivity index (χ4v) is 4.93. The molecule has 0 unspecified atom stereocenters. The van der Waals surface area contributed by atoms with Crippen LogP contribution in [0.2, 0.25) is 0 Å². The molecule has 0 spiro atoms. The SMILES string of the molecule is O=C(C[C@@H]1N=C2c3ccccc3N=C(SCC(=O)Nc3ccc(F)cc3)N2C1=O)NCCc1ccccc1. The number of halogens is 1. The molecule has 1 atom stereocenters. The summed E-state index contributed by atoms with van der Waals surface area (Å²) in [5, 5.41) is 5.88. The molecular weight excluding hydrogens is 505 g/mol. The Bertz CT molecular complexity index is 1430. The topological polar surface area (TPSA) is 103 Å². The molecule has 0 saturated carbocycles. The van der Waals surface area contributed by atoms with Gasteiger partial charge in [-0.05, 0) is 48.4 Å². The molecule has 10 heteroatoms. The van der Waals surface area contributed by atoms with Gasteiger partial charge in [-0.3, -0.25) is 19.4 Å². The maximum absolute atomic E-state index is 13.4. The van der Waals surface area contributed by atoms with Crippen molar-refractivity contribution in [3.05, 3.63) is 95.8 Å². The Morgan fingerprint density at radius 3 is 2.47 bits per heavy atom. The predicted molar refractivity (Wildman–Crippen MR) is 146 cm³/mol. The van der Waals surface area contributed by atoms with Crippen LogP contribution < -0.4 is 10.6 Å². The second-order valence-electron chi connectivity index (χ2n) is 8.69. The average molecular weight is 530 g/mol. The van der Waals surface area contributed by atoms with E-state index in [9.17, 15) is 18.8 Å². The minimum Gasteiger partial charge on any atom is -0.356 e. The van der Waals surface area contributed by atoms with Crippen molar-refractivity contribution >= 4 is 51.9 Å². The highest BCUT2D eigenvalue weighted by Gasteiger charge is 2.42. The van der Waals surface area contributed by atoms with Gasteiger partial charge < -0.3 is 10.6 Å². The maximum Gasteiger partial charge on any atom is 0.259 e. The highest BCUT2D eigenvalue weighted by Crippen LogP contribution is 2.34. The Morgan fingerprint density at radius 1 is 0.947 bits per heavy atom. The highest BCUT2D eigenvalue weighted by molar-refractivity contribution is 8.14. The van der Waals surface area contributed by atoms with Crippen LogP contribution >= 0.6 is 11.8 Å². The largest absolute Gasteiger partial charge is 0.356 e. The first-order chi connectivity index (χ1) is 18.5. The number of nitrogens with zero attached hydrogens (tertiary/aromatic N) is 3. The number of fused-ring (bicyclic) bond motifs is 3. The monoisotopic (exact) mass is 529 g/mol. The minimum atomic E-state index is -0.883. The van der Waals surface area contributed by atoms with Gasteiger partial charge in [0.15, 0.2) is 5.17 Å². The van der Waals surface area contributed by atoms with Gasteiger partial charge in [0.25, 0.3) is 5.91 Å². The summed E-state index contributed by atoms with van der Waals surface area (Å²) in [5.74, 6) is -0.960. The number of amides is 3. The third-order valence-electron chi connectivity index (χ3n) is 5.97. The van der Waals surface area contributed by atoms with E-state index in [1.165, 1.54) is 29.2 Å². The standard InChI is InChI=1S/C28H24FN5O3S/c29-19-10-12-20(13-11-19)31-25(36)17-38-28-33-22-9-5-4-8-21(22)26-32-23(27(37)34(26)28)16-24(35)30-15-14-18-6-2-1-3-7-18/h1-13,23H,14-17H2,(H,30,35)(H,31,36)/t23-/m0/s1. The number of para-hydroxylation sites is 1. The third kappa shape index (κ3) is 5.81. The molecule has 3 aromatic rings. The van der Waals surface area contributed by atoms with Gasteiger partial charge in [0.1, 0.15) is 17.7 Å². The van der Waals surface area contributed by atoms with Crippen LogP contribution in [0.25, 0.3) is 0 Å². The summed E-state index contributed by atoms with van der Waals surface area (Å²) in [4.78, 5) is 49.1. The van der Waals surface area contributed by atoms with E-state index in [2.05, 4.69) is 20.6 Å². The van der Waals surface area contributed by atoms with Crippen LogP contribution in [-0.2, 0) is 20.8 Å². The zero-order chi connectivity index (χ0) is 26.5. The van der Waals surface area contributed by atoms with Crippen LogP contribution in [0.1, 0.15) is 17.5 Å². The summed E-state index contributed by atoms with van der Waals surface area (Å²) in [7, 11) is 0. The number of amidine groups is 2. The molecule has 2 heterocycles. The van der Waals surface area contributed by atoms with Gasteiger partial charge >= 0.3 is 0 Å². The van der Waals surface area contributed by atoms with E-state index in [1.54, 1.807) is 0 Å². The van der Waals surface area contributed by atoms with E-state index in [-0.39, 0.29) is 29.9 Å². The molecule has 38 heavy (non-hydrogen) atoms. The molecule has 2 aliphatic heterocycles. The molecule has 8 nitrogen and oxygen atoms in total. The smallest absolute Gasteiger partial charge is 0.259 e. The fourth-order valence-electron chi connectivity index (χ4n) is 4.13. The van der Waals surface area contributed by atoms with Crippen LogP contribution in [-0.4, -0.2) is 52.0 Å². The molecule has 3 amide bonds. The number of hydrogen-bond acceptors (Lipinski definition) is 6. The summed E-state index contributed by atoms with van der Waals surface area (Å²) in [6, 6.07) is 21.7. The molecule has 0 fully saturated rings. The zero-order valence-corrected chi connectivity index (χ0v) is 21.1. The minimum absolute atomic E-state index is 0.0277. The van der Waals surface area contributed by atoms with Gasteiger partial charge in [0, 0.05) is 17.8 Å². The lowest BCUT2D eigenvalue weighted by molar-refractivity contribution is -0.128. The van der Waals surface area contributed by atoms with Crippen LogP contribution in [0, 0.1) is 5.82 Å². The Hall–Kier alpha value is -4.31. The van der Waals surface area contributed by atoms with Gasteiger partial charge in [-0.2, -0.15) is 0 Å². The molecular formula is C28H24FN5O3S. The molecule has 2 N–H and O–H groups in total. The lowest BCUT2D eigenvalue weighted by Crippen LogP contribution is -2.42. The van der Waals surface area contributed by atoms with Gasteiger partial charge in [0.2, 0.25) is 11.8 Å². The number of carbonyl (C=O) groups excluding carboxylic acids is 3. The van der Waals surface area contributed by atoms with Gasteiger partial charge in [-0.25, -0.2) is 14.3 Å². The zero-order valence-electron chi connectivity index (χ0n) is 20.3. The first-order valence-electron chi connectivity index (χ1n) is 12.1. The Balaban J connectivity index is 1.25. The Kier molecular flexibility index (Phi) is 7.60. The number of benzene rings is 3. The second-order valence-corrected chi connectivity index (χ2v) is 9.63. The van der Waals surface area contributed by atoms with E-state index in [1.807, 2.05) is 54.6 Å². The van der Waals surface area contributed by atoms with Gasteiger partial charge in [-0.1, -0.05) is 54.2 Å². The first kappa shape index (κ1) is 25.3. The first-order valence-corrected chi connectivity index (χ1v) is 13.1. The molecule has 0 aromatic heterocycles. The van der Waals surface area contributed by atoms with E-state index in [4.69, 9.17) is 0 Å². The van der Waals surface area contributed by atoms with Crippen molar-refractivity contribution in [1.82, 2.24) is 10.2 Å². The van der Waals surface area contributed by atoms with Crippen molar-refractivity contribution in [2.75, 3.05) is 17.6 Å². The van der Waals surface area contributed by atoms with E-state index in [0.717, 1.165) is 17.3 Å². The average Bonchev–Trinajstić information content (AvgIpc) is 3.25. The third-order valence-corrected chi connectivity index (χ3v) is 6.90. The lowest BCUT2D eigenvalue weighted by Gasteiger charge is -2.25. The summed E-state index contributed by atoms with van der Waals surface area (Å²) >= 11 is 1.09.